The third kappa shape index (κ3) is 3.03. The van der Waals surface area contributed by atoms with Crippen molar-refractivity contribution in [2.75, 3.05) is 0 Å². The largest absolute Gasteiger partial charge is 0.348 e. The highest BCUT2D eigenvalue weighted by atomic mass is 16.1. The Morgan fingerprint density at radius 1 is 1.15 bits per heavy atom. The quantitative estimate of drug-likeness (QED) is 0.739. The van der Waals surface area contributed by atoms with Crippen LogP contribution in [0.1, 0.15) is 27.2 Å². The van der Waals surface area contributed by atoms with Crippen LogP contribution in [0.4, 0.5) is 0 Å². The third-order valence-electron chi connectivity index (χ3n) is 4.45. The van der Waals surface area contributed by atoms with Crippen molar-refractivity contribution in [2.45, 2.75) is 19.6 Å². The molecule has 4 rings (SSSR count). The van der Waals surface area contributed by atoms with Gasteiger partial charge in [0.25, 0.3) is 5.91 Å². The first-order chi connectivity index (χ1) is 12.7. The number of amides is 1. The lowest BCUT2D eigenvalue weighted by molar-refractivity contribution is 0.0951. The van der Waals surface area contributed by atoms with Gasteiger partial charge in [-0.2, -0.15) is 10.4 Å². The van der Waals surface area contributed by atoms with Crippen molar-refractivity contribution in [1.29, 1.82) is 5.26 Å². The summed E-state index contributed by atoms with van der Waals surface area (Å²) in [6, 6.07) is 17.2. The zero-order valence-electron chi connectivity index (χ0n) is 14.1. The Labute approximate surface area is 151 Å². The van der Waals surface area contributed by atoms with Gasteiger partial charge in [0, 0.05) is 17.7 Å². The minimum atomic E-state index is -0.127. The van der Waals surface area contributed by atoms with Gasteiger partial charge in [-0.05, 0) is 23.8 Å². The predicted molar refractivity (Wildman–Crippen MR) is 96.0 cm³/mol. The first-order valence-electron chi connectivity index (χ1n) is 8.37. The normalized spacial score (nSPS) is 12.5. The molecule has 6 heteroatoms. The van der Waals surface area contributed by atoms with Crippen LogP contribution in [0.5, 0.6) is 0 Å². The molecule has 3 aromatic rings. The zero-order chi connectivity index (χ0) is 17.9. The fourth-order valence-corrected chi connectivity index (χ4v) is 3.10. The van der Waals surface area contributed by atoms with Crippen LogP contribution in [-0.2, 0) is 19.6 Å². The van der Waals surface area contributed by atoms with E-state index in [1.807, 2.05) is 48.5 Å². The maximum atomic E-state index is 12.5. The van der Waals surface area contributed by atoms with Crippen LogP contribution in [0.25, 0.3) is 5.69 Å². The fraction of sp³-hybridized carbons (Fsp3) is 0.150. The van der Waals surface area contributed by atoms with Gasteiger partial charge in [-0.1, -0.05) is 36.4 Å². The molecule has 1 N–H and O–H groups in total. The van der Waals surface area contributed by atoms with E-state index in [4.69, 9.17) is 5.26 Å². The Balaban J connectivity index is 1.53. The lowest BCUT2D eigenvalue weighted by atomic mass is 10.1. The van der Waals surface area contributed by atoms with Gasteiger partial charge in [-0.3, -0.25) is 4.79 Å². The number of benzene rings is 2. The monoisotopic (exact) mass is 343 g/mol. The predicted octanol–water partition coefficient (Wildman–Crippen LogP) is 2.60. The van der Waals surface area contributed by atoms with Crippen LogP contribution in [0.2, 0.25) is 0 Å². The number of carbonyl (C=O) groups excluding carboxylic acids is 1. The molecule has 0 saturated carbocycles. The lowest BCUT2D eigenvalue weighted by Gasteiger charge is -2.10. The molecular formula is C20H17N5O. The van der Waals surface area contributed by atoms with Crippen molar-refractivity contribution in [1.82, 2.24) is 20.0 Å². The van der Waals surface area contributed by atoms with Gasteiger partial charge in [0.05, 0.1) is 30.7 Å². The average Bonchev–Trinajstić information content (AvgIpc) is 3.27. The van der Waals surface area contributed by atoms with E-state index >= 15 is 0 Å². The molecule has 0 aliphatic carbocycles. The molecule has 0 spiro atoms. The molecule has 26 heavy (non-hydrogen) atoms. The molecule has 128 valence electrons. The molecule has 0 bridgehead atoms. The molecule has 6 nitrogen and oxygen atoms in total. The second-order valence-corrected chi connectivity index (χ2v) is 6.20. The van der Waals surface area contributed by atoms with Gasteiger partial charge >= 0.3 is 0 Å². The Morgan fingerprint density at radius 3 is 2.81 bits per heavy atom. The van der Waals surface area contributed by atoms with E-state index in [0.717, 1.165) is 22.5 Å². The van der Waals surface area contributed by atoms with Gasteiger partial charge in [-0.15, -0.1) is 0 Å². The SMILES string of the molecule is N#CN1Cc2cnn(-c3cccc(C(=O)NCc4ccccc4)c3)c2C1. The minimum Gasteiger partial charge on any atom is -0.348 e. The lowest BCUT2D eigenvalue weighted by Crippen LogP contribution is -2.23. The van der Waals surface area contributed by atoms with Crippen molar-refractivity contribution < 1.29 is 4.79 Å². The van der Waals surface area contributed by atoms with Crippen LogP contribution >= 0.6 is 0 Å². The molecule has 1 aliphatic heterocycles. The van der Waals surface area contributed by atoms with E-state index in [1.165, 1.54) is 0 Å². The average molecular weight is 343 g/mol. The summed E-state index contributed by atoms with van der Waals surface area (Å²) in [5.74, 6) is -0.127. The van der Waals surface area contributed by atoms with Gasteiger partial charge in [0.1, 0.15) is 0 Å². The smallest absolute Gasteiger partial charge is 0.251 e. The van der Waals surface area contributed by atoms with E-state index in [9.17, 15) is 4.79 Å². The number of hydrogen-bond donors (Lipinski definition) is 1. The summed E-state index contributed by atoms with van der Waals surface area (Å²) in [5, 5.41) is 16.4. The second kappa shape index (κ2) is 6.73. The van der Waals surface area contributed by atoms with Gasteiger partial charge in [-0.25, -0.2) is 4.68 Å². The summed E-state index contributed by atoms with van der Waals surface area (Å²) in [6.45, 7) is 1.61. The Bertz CT molecular complexity index is 987. The number of aromatic nitrogens is 2. The fourth-order valence-electron chi connectivity index (χ4n) is 3.10. The second-order valence-electron chi connectivity index (χ2n) is 6.20. The van der Waals surface area contributed by atoms with Crippen molar-refractivity contribution >= 4 is 5.91 Å². The molecule has 0 atom stereocenters. The molecular weight excluding hydrogens is 326 g/mol. The molecule has 2 heterocycles. The number of nitriles is 1. The summed E-state index contributed by atoms with van der Waals surface area (Å²) < 4.78 is 1.81. The molecule has 0 radical (unpaired) electrons. The van der Waals surface area contributed by atoms with E-state index < -0.39 is 0 Å². The maximum Gasteiger partial charge on any atom is 0.251 e. The van der Waals surface area contributed by atoms with Crippen molar-refractivity contribution in [3.63, 3.8) is 0 Å². The number of nitrogens with one attached hydrogen (secondary N) is 1. The Morgan fingerprint density at radius 2 is 2.00 bits per heavy atom. The summed E-state index contributed by atoms with van der Waals surface area (Å²) in [4.78, 5) is 14.2. The highest BCUT2D eigenvalue weighted by molar-refractivity contribution is 5.94. The van der Waals surface area contributed by atoms with Crippen LogP contribution in [0.15, 0.2) is 60.8 Å². The number of nitrogens with zero attached hydrogens (tertiary/aromatic N) is 4. The van der Waals surface area contributed by atoms with E-state index in [0.29, 0.717) is 25.2 Å². The molecule has 0 fully saturated rings. The van der Waals surface area contributed by atoms with Crippen molar-refractivity contribution in [3.05, 3.63) is 83.2 Å². The highest BCUT2D eigenvalue weighted by Gasteiger charge is 2.23. The van der Waals surface area contributed by atoms with E-state index in [-0.39, 0.29) is 5.91 Å². The van der Waals surface area contributed by atoms with Crippen LogP contribution < -0.4 is 5.32 Å². The third-order valence-corrected chi connectivity index (χ3v) is 4.45. The van der Waals surface area contributed by atoms with Crippen LogP contribution in [-0.4, -0.2) is 20.6 Å². The molecule has 1 aliphatic rings. The number of rotatable bonds is 4. The molecule has 0 unspecified atom stereocenters. The Hall–Kier alpha value is -3.59. The number of carbonyl (C=O) groups is 1. The Kier molecular flexibility index (Phi) is 4.12. The topological polar surface area (TPSA) is 74.0 Å². The van der Waals surface area contributed by atoms with E-state index in [2.05, 4.69) is 16.6 Å². The molecule has 1 amide bonds. The zero-order valence-corrected chi connectivity index (χ0v) is 14.1. The van der Waals surface area contributed by atoms with Crippen LogP contribution in [0.3, 0.4) is 0 Å². The van der Waals surface area contributed by atoms with Crippen molar-refractivity contribution in [2.24, 2.45) is 0 Å². The summed E-state index contributed by atoms with van der Waals surface area (Å²) in [7, 11) is 0. The summed E-state index contributed by atoms with van der Waals surface area (Å²) in [5.41, 5.74) is 4.49. The van der Waals surface area contributed by atoms with Gasteiger partial charge in [0.15, 0.2) is 6.19 Å². The molecule has 1 aromatic heterocycles. The van der Waals surface area contributed by atoms with Gasteiger partial charge < -0.3 is 10.2 Å². The first-order valence-corrected chi connectivity index (χ1v) is 8.37. The summed E-state index contributed by atoms with van der Waals surface area (Å²) in [6.07, 6.45) is 3.95. The number of hydrogen-bond acceptors (Lipinski definition) is 4. The number of fused-ring (bicyclic) bond motifs is 1. The first kappa shape index (κ1) is 15.9. The minimum absolute atomic E-state index is 0.127. The van der Waals surface area contributed by atoms with Crippen LogP contribution in [0, 0.1) is 11.5 Å². The van der Waals surface area contributed by atoms with Crippen molar-refractivity contribution in [3.8, 4) is 11.9 Å². The molecule has 2 aromatic carbocycles. The molecule has 0 saturated heterocycles. The van der Waals surface area contributed by atoms with E-state index in [1.54, 1.807) is 21.8 Å². The standard InChI is InChI=1S/C20H17N5O/c21-14-24-12-17-11-23-25(19(17)13-24)18-8-4-7-16(9-18)20(26)22-10-15-5-2-1-3-6-15/h1-9,11H,10,12-13H2,(H,22,26). The highest BCUT2D eigenvalue weighted by Crippen LogP contribution is 2.24. The maximum absolute atomic E-state index is 12.5. The summed E-state index contributed by atoms with van der Waals surface area (Å²) >= 11 is 0. The van der Waals surface area contributed by atoms with Gasteiger partial charge in [0.2, 0.25) is 0 Å².